The predicted octanol–water partition coefficient (Wildman–Crippen LogP) is 4.89. The Kier molecular flexibility index (Phi) is 4.98. The van der Waals surface area contributed by atoms with E-state index in [4.69, 9.17) is 0 Å². The van der Waals surface area contributed by atoms with E-state index in [0.29, 0.717) is 0 Å². The van der Waals surface area contributed by atoms with Gasteiger partial charge in [0.25, 0.3) is 0 Å². The molecule has 0 aromatic heterocycles. The molecule has 0 heteroatoms. The van der Waals surface area contributed by atoms with E-state index < -0.39 is 0 Å². The molecule has 14 heavy (non-hydrogen) atoms. The fourth-order valence-corrected chi connectivity index (χ4v) is 2.95. The van der Waals surface area contributed by atoms with Crippen molar-refractivity contribution in [2.75, 3.05) is 0 Å². The zero-order valence-electron chi connectivity index (χ0n) is 10.6. The second-order valence-corrected chi connectivity index (χ2v) is 5.45. The number of hydrogen-bond acceptors (Lipinski definition) is 0. The minimum atomic E-state index is 0.966. The van der Waals surface area contributed by atoms with Gasteiger partial charge < -0.3 is 0 Å². The van der Waals surface area contributed by atoms with Crippen molar-refractivity contribution in [2.24, 2.45) is 23.7 Å². The molecule has 0 heterocycles. The van der Waals surface area contributed by atoms with Crippen molar-refractivity contribution in [1.82, 2.24) is 0 Å². The summed E-state index contributed by atoms with van der Waals surface area (Å²) >= 11 is 0. The molecular weight excluding hydrogens is 168 g/mol. The van der Waals surface area contributed by atoms with E-state index in [1.165, 1.54) is 38.5 Å². The zero-order valence-corrected chi connectivity index (χ0v) is 10.6. The summed E-state index contributed by atoms with van der Waals surface area (Å²) in [5.41, 5.74) is 0. The second kappa shape index (κ2) is 5.78. The molecule has 0 aromatic carbocycles. The highest BCUT2D eigenvalue weighted by molar-refractivity contribution is 4.77. The van der Waals surface area contributed by atoms with Crippen molar-refractivity contribution in [3.63, 3.8) is 0 Å². The van der Waals surface area contributed by atoms with Crippen LogP contribution in [0, 0.1) is 23.7 Å². The van der Waals surface area contributed by atoms with E-state index in [1.807, 2.05) is 0 Å². The summed E-state index contributed by atoms with van der Waals surface area (Å²) in [4.78, 5) is 0. The summed E-state index contributed by atoms with van der Waals surface area (Å²) in [5.74, 6) is 4.02. The van der Waals surface area contributed by atoms with Crippen LogP contribution in [0.1, 0.15) is 66.2 Å². The maximum atomic E-state index is 2.44. The van der Waals surface area contributed by atoms with Crippen LogP contribution in [0.4, 0.5) is 0 Å². The first kappa shape index (κ1) is 12.1. The van der Waals surface area contributed by atoms with E-state index in [-0.39, 0.29) is 0 Å². The standard InChI is InChI=1S/C14H28/c1-5-11(3)13-7-9-14(10-8-13)12(4)6-2/h11-14H,5-10H2,1-4H3. The molecule has 0 aromatic rings. The molecule has 0 aliphatic heterocycles. The molecule has 1 rings (SSSR count). The van der Waals surface area contributed by atoms with E-state index in [1.54, 1.807) is 0 Å². The van der Waals surface area contributed by atoms with E-state index in [9.17, 15) is 0 Å². The average Bonchev–Trinajstić information content (AvgIpc) is 2.27. The third kappa shape index (κ3) is 3.00. The SMILES string of the molecule is CCC(C)C1CCC(C(C)CC)CC1. The Balaban J connectivity index is 2.31. The Hall–Kier alpha value is 0. The number of hydrogen-bond donors (Lipinski definition) is 0. The van der Waals surface area contributed by atoms with E-state index in [2.05, 4.69) is 27.7 Å². The Bertz CT molecular complexity index is 124. The molecule has 1 aliphatic carbocycles. The smallest absolute Gasteiger partial charge is 0.0388 e. The van der Waals surface area contributed by atoms with Crippen molar-refractivity contribution in [1.29, 1.82) is 0 Å². The van der Waals surface area contributed by atoms with Gasteiger partial charge in [-0.3, -0.25) is 0 Å². The maximum Gasteiger partial charge on any atom is -0.0388 e. The first-order valence-electron chi connectivity index (χ1n) is 6.69. The lowest BCUT2D eigenvalue weighted by Crippen LogP contribution is -2.23. The van der Waals surface area contributed by atoms with Crippen LogP contribution in [0.2, 0.25) is 0 Å². The Morgan fingerprint density at radius 3 is 1.29 bits per heavy atom. The van der Waals surface area contributed by atoms with Gasteiger partial charge >= 0.3 is 0 Å². The number of rotatable bonds is 4. The zero-order chi connectivity index (χ0) is 10.6. The third-order valence-corrected chi connectivity index (χ3v) is 4.71. The fraction of sp³-hybridized carbons (Fsp3) is 1.00. The Labute approximate surface area is 90.5 Å². The molecule has 0 amide bonds. The van der Waals surface area contributed by atoms with Gasteiger partial charge in [-0.25, -0.2) is 0 Å². The minimum Gasteiger partial charge on any atom is -0.0651 e. The lowest BCUT2D eigenvalue weighted by atomic mass is 9.72. The summed E-state index contributed by atoms with van der Waals surface area (Å²) < 4.78 is 0. The lowest BCUT2D eigenvalue weighted by Gasteiger charge is -2.34. The molecule has 0 spiro atoms. The summed E-state index contributed by atoms with van der Waals surface area (Å²) in [6.07, 6.45) is 8.76. The highest BCUT2D eigenvalue weighted by Crippen LogP contribution is 2.38. The van der Waals surface area contributed by atoms with Gasteiger partial charge in [0.05, 0.1) is 0 Å². The van der Waals surface area contributed by atoms with Crippen LogP contribution < -0.4 is 0 Å². The quantitative estimate of drug-likeness (QED) is 0.601. The van der Waals surface area contributed by atoms with Crippen LogP contribution in [-0.2, 0) is 0 Å². The normalized spacial score (nSPS) is 32.6. The Morgan fingerprint density at radius 1 is 0.786 bits per heavy atom. The molecule has 0 radical (unpaired) electrons. The van der Waals surface area contributed by atoms with Crippen LogP contribution in [0.15, 0.2) is 0 Å². The first-order valence-corrected chi connectivity index (χ1v) is 6.69. The van der Waals surface area contributed by atoms with Crippen molar-refractivity contribution in [2.45, 2.75) is 66.2 Å². The van der Waals surface area contributed by atoms with Gasteiger partial charge in [0.1, 0.15) is 0 Å². The van der Waals surface area contributed by atoms with E-state index in [0.717, 1.165) is 23.7 Å². The molecule has 0 nitrogen and oxygen atoms in total. The molecule has 1 saturated carbocycles. The van der Waals surface area contributed by atoms with Gasteiger partial charge in [0, 0.05) is 0 Å². The molecule has 0 saturated heterocycles. The van der Waals surface area contributed by atoms with Crippen LogP contribution in [0.3, 0.4) is 0 Å². The molecule has 0 N–H and O–H groups in total. The van der Waals surface area contributed by atoms with Crippen LogP contribution in [0.5, 0.6) is 0 Å². The van der Waals surface area contributed by atoms with Crippen molar-refractivity contribution in [3.05, 3.63) is 0 Å². The topological polar surface area (TPSA) is 0 Å². The largest absolute Gasteiger partial charge is 0.0651 e. The van der Waals surface area contributed by atoms with Gasteiger partial charge in [-0.15, -0.1) is 0 Å². The molecule has 0 bridgehead atoms. The summed E-state index contributed by atoms with van der Waals surface area (Å²) in [6, 6.07) is 0. The van der Waals surface area contributed by atoms with Gasteiger partial charge in [-0.1, -0.05) is 40.5 Å². The van der Waals surface area contributed by atoms with Crippen molar-refractivity contribution >= 4 is 0 Å². The van der Waals surface area contributed by atoms with Gasteiger partial charge in [-0.2, -0.15) is 0 Å². The van der Waals surface area contributed by atoms with Gasteiger partial charge in [0.15, 0.2) is 0 Å². The molecule has 1 aliphatic rings. The highest BCUT2D eigenvalue weighted by Gasteiger charge is 2.26. The van der Waals surface area contributed by atoms with Crippen molar-refractivity contribution < 1.29 is 0 Å². The van der Waals surface area contributed by atoms with Crippen LogP contribution >= 0.6 is 0 Å². The molecular formula is C14H28. The van der Waals surface area contributed by atoms with Crippen LogP contribution in [0.25, 0.3) is 0 Å². The van der Waals surface area contributed by atoms with Crippen LogP contribution in [-0.4, -0.2) is 0 Å². The van der Waals surface area contributed by atoms with Gasteiger partial charge in [-0.05, 0) is 49.4 Å². The first-order chi connectivity index (χ1) is 6.69. The second-order valence-electron chi connectivity index (χ2n) is 5.45. The summed E-state index contributed by atoms with van der Waals surface area (Å²) in [6.45, 7) is 9.55. The average molecular weight is 196 g/mol. The molecule has 84 valence electrons. The summed E-state index contributed by atoms with van der Waals surface area (Å²) in [5, 5.41) is 0. The minimum absolute atomic E-state index is 0.966. The monoisotopic (exact) mass is 196 g/mol. The Morgan fingerprint density at radius 2 is 1.07 bits per heavy atom. The van der Waals surface area contributed by atoms with Gasteiger partial charge in [0.2, 0.25) is 0 Å². The van der Waals surface area contributed by atoms with E-state index >= 15 is 0 Å². The lowest BCUT2D eigenvalue weighted by molar-refractivity contribution is 0.171. The fourth-order valence-electron chi connectivity index (χ4n) is 2.95. The molecule has 2 atom stereocenters. The van der Waals surface area contributed by atoms with Crippen molar-refractivity contribution in [3.8, 4) is 0 Å². The summed E-state index contributed by atoms with van der Waals surface area (Å²) in [7, 11) is 0. The molecule has 2 unspecified atom stereocenters. The predicted molar refractivity (Wildman–Crippen MR) is 64.4 cm³/mol. The molecule has 1 fully saturated rings. The maximum absolute atomic E-state index is 2.44. The third-order valence-electron chi connectivity index (χ3n) is 4.71. The highest BCUT2D eigenvalue weighted by atomic mass is 14.3.